The first-order valence-electron chi connectivity index (χ1n) is 3.31. The molecule has 1 unspecified atom stereocenters. The SMILES string of the molecule is C=CO.CO[SiH](OC)OC.N[PH](=O)O. The lowest BCUT2D eigenvalue weighted by atomic mass is 11.2. The zero-order valence-electron chi connectivity index (χ0n) is 8.47. The Bertz CT molecular complexity index is 124. The molecule has 0 saturated carbocycles. The first-order valence-corrected chi connectivity index (χ1v) is 6.16. The van der Waals surface area contributed by atoms with Crippen LogP contribution in [-0.4, -0.2) is 40.9 Å². The standard InChI is InChI=1S/C3H10O3Si.C2H4O.H4NO2P/c1-4-7(5-2)6-3;1-2-3;1-4(2)3/h7H,1-3H3;2-3H,1H2;4H,(H3,1,2,3). The molecule has 0 heterocycles. The fourth-order valence-electron chi connectivity index (χ4n) is 0.289. The van der Waals surface area contributed by atoms with E-state index in [2.05, 4.69) is 12.1 Å². The number of hydrogen-bond acceptors (Lipinski definition) is 5. The molecule has 0 radical (unpaired) electrons. The third-order valence-corrected chi connectivity index (χ3v) is 1.73. The number of rotatable bonds is 3. The highest BCUT2D eigenvalue weighted by atomic mass is 31.1. The van der Waals surface area contributed by atoms with Gasteiger partial charge in [0.15, 0.2) is 0 Å². The molecule has 0 amide bonds. The van der Waals surface area contributed by atoms with Crippen LogP contribution in [0.15, 0.2) is 12.8 Å². The zero-order valence-corrected chi connectivity index (χ0v) is 10.6. The minimum atomic E-state index is -2.63. The van der Waals surface area contributed by atoms with Crippen molar-refractivity contribution in [3.63, 3.8) is 0 Å². The maximum atomic E-state index is 8.96. The Morgan fingerprint density at radius 1 is 1.36 bits per heavy atom. The molecule has 1 atom stereocenters. The number of hydrogen-bond donors (Lipinski definition) is 3. The van der Waals surface area contributed by atoms with Gasteiger partial charge in [-0.05, 0) is 0 Å². The first kappa shape index (κ1) is 19.4. The van der Waals surface area contributed by atoms with Crippen molar-refractivity contribution in [2.45, 2.75) is 0 Å². The van der Waals surface area contributed by atoms with E-state index >= 15 is 0 Å². The fraction of sp³-hybridized carbons (Fsp3) is 0.600. The second-order valence-electron chi connectivity index (χ2n) is 1.52. The Kier molecular flexibility index (Phi) is 25.7. The average molecular weight is 247 g/mol. The van der Waals surface area contributed by atoms with Crippen molar-refractivity contribution in [3.05, 3.63) is 12.8 Å². The number of nitrogens with two attached hydrogens (primary N) is 1. The van der Waals surface area contributed by atoms with Crippen LogP contribution < -0.4 is 5.50 Å². The Labute approximate surface area is 86.0 Å². The lowest BCUT2D eigenvalue weighted by molar-refractivity contribution is 0.163. The van der Waals surface area contributed by atoms with Gasteiger partial charge < -0.3 is 23.3 Å². The molecule has 0 spiro atoms. The van der Waals surface area contributed by atoms with Crippen molar-refractivity contribution >= 4 is 17.7 Å². The van der Waals surface area contributed by atoms with Crippen molar-refractivity contribution in [1.82, 2.24) is 0 Å². The van der Waals surface area contributed by atoms with Crippen LogP contribution in [0.1, 0.15) is 0 Å². The van der Waals surface area contributed by atoms with Gasteiger partial charge in [0.1, 0.15) is 0 Å². The summed E-state index contributed by atoms with van der Waals surface area (Å²) in [6, 6.07) is 0. The van der Waals surface area contributed by atoms with Gasteiger partial charge in [0.05, 0.1) is 6.26 Å². The van der Waals surface area contributed by atoms with Gasteiger partial charge in [0.2, 0.25) is 0 Å². The van der Waals surface area contributed by atoms with Gasteiger partial charge in [-0.25, -0.2) is 0 Å². The predicted molar refractivity (Wildman–Crippen MR) is 56.4 cm³/mol. The molecule has 0 aromatic rings. The molecule has 0 aliphatic rings. The Balaban J connectivity index is -0.000000147. The van der Waals surface area contributed by atoms with Crippen LogP contribution in [-0.2, 0) is 17.8 Å². The van der Waals surface area contributed by atoms with Crippen LogP contribution in [0.2, 0.25) is 0 Å². The summed E-state index contributed by atoms with van der Waals surface area (Å²) in [7, 11) is 0.419. The molecule has 88 valence electrons. The van der Waals surface area contributed by atoms with Gasteiger partial charge in [0.25, 0.3) is 8.18 Å². The van der Waals surface area contributed by atoms with Gasteiger partial charge in [0, 0.05) is 21.3 Å². The third-order valence-electron chi connectivity index (χ3n) is 0.577. The van der Waals surface area contributed by atoms with E-state index in [0.29, 0.717) is 0 Å². The quantitative estimate of drug-likeness (QED) is 0.355. The van der Waals surface area contributed by atoms with Gasteiger partial charge in [-0.1, -0.05) is 6.58 Å². The first-order chi connectivity index (χ1) is 6.49. The highest BCUT2D eigenvalue weighted by molar-refractivity contribution is 7.35. The molecule has 4 N–H and O–H groups in total. The molecule has 14 heavy (non-hydrogen) atoms. The van der Waals surface area contributed by atoms with E-state index in [-0.39, 0.29) is 0 Å². The zero-order chi connectivity index (χ0) is 12.0. The normalized spacial score (nSPS) is 10.4. The highest BCUT2D eigenvalue weighted by Gasteiger charge is 2.04. The largest absolute Gasteiger partial charge is 0.516 e. The molecule has 0 fully saturated rings. The molecule has 0 rings (SSSR count). The molecule has 0 bridgehead atoms. The smallest absolute Gasteiger partial charge is 0.483 e. The summed E-state index contributed by atoms with van der Waals surface area (Å²) >= 11 is 0. The van der Waals surface area contributed by atoms with Gasteiger partial charge >= 0.3 is 9.53 Å². The Hall–Kier alpha value is -0.213. The Morgan fingerprint density at radius 3 is 1.50 bits per heavy atom. The van der Waals surface area contributed by atoms with Crippen LogP contribution in [0.4, 0.5) is 0 Å². The van der Waals surface area contributed by atoms with Crippen LogP contribution in [0.25, 0.3) is 0 Å². The lowest BCUT2D eigenvalue weighted by Crippen LogP contribution is -2.21. The summed E-state index contributed by atoms with van der Waals surface area (Å²) in [4.78, 5) is 7.38. The summed E-state index contributed by atoms with van der Waals surface area (Å²) < 4.78 is 23.2. The molecule has 7 nitrogen and oxygen atoms in total. The third kappa shape index (κ3) is 41.0. The lowest BCUT2D eigenvalue weighted by Gasteiger charge is -2.05. The number of aliphatic hydroxyl groups excluding tert-OH is 1. The van der Waals surface area contributed by atoms with E-state index in [1.807, 2.05) is 0 Å². The molecule has 0 saturated heterocycles. The summed E-state index contributed by atoms with van der Waals surface area (Å²) in [5, 5.41) is 7.33. The Morgan fingerprint density at radius 2 is 1.50 bits per heavy atom. The van der Waals surface area contributed by atoms with Crippen LogP contribution in [0.3, 0.4) is 0 Å². The number of aliphatic hydroxyl groups is 1. The summed E-state index contributed by atoms with van der Waals surface area (Å²) in [6.07, 6.45) is 0.750. The van der Waals surface area contributed by atoms with Gasteiger partial charge in [-0.2, -0.15) is 0 Å². The molecule has 0 aliphatic carbocycles. The van der Waals surface area contributed by atoms with E-state index in [4.69, 9.17) is 27.8 Å². The van der Waals surface area contributed by atoms with Crippen molar-refractivity contribution in [3.8, 4) is 0 Å². The van der Waals surface area contributed by atoms with E-state index in [1.54, 1.807) is 21.3 Å². The predicted octanol–water partition coefficient (Wildman–Crippen LogP) is -0.342. The monoisotopic (exact) mass is 247 g/mol. The molecule has 0 aromatic heterocycles. The molecule has 9 heteroatoms. The van der Waals surface area contributed by atoms with Crippen molar-refractivity contribution in [2.75, 3.05) is 21.3 Å². The maximum absolute atomic E-state index is 8.96. The summed E-state index contributed by atoms with van der Waals surface area (Å²) in [5.74, 6) is 0. The molecular weight excluding hydrogens is 229 g/mol. The van der Waals surface area contributed by atoms with Crippen LogP contribution >= 0.6 is 8.18 Å². The maximum Gasteiger partial charge on any atom is 0.483 e. The van der Waals surface area contributed by atoms with Crippen LogP contribution in [0.5, 0.6) is 0 Å². The second-order valence-corrected chi connectivity index (χ2v) is 4.18. The van der Waals surface area contributed by atoms with E-state index in [9.17, 15) is 0 Å². The topological polar surface area (TPSA) is 111 Å². The average Bonchev–Trinajstić information content (AvgIpc) is 2.08. The highest BCUT2D eigenvalue weighted by Crippen LogP contribution is 1.91. The van der Waals surface area contributed by atoms with Crippen LogP contribution in [0, 0.1) is 0 Å². The van der Waals surface area contributed by atoms with E-state index in [1.165, 1.54) is 0 Å². The van der Waals surface area contributed by atoms with Gasteiger partial charge in [-0.3, -0.25) is 10.1 Å². The van der Waals surface area contributed by atoms with Crippen molar-refractivity contribution in [1.29, 1.82) is 0 Å². The van der Waals surface area contributed by atoms with E-state index < -0.39 is 17.7 Å². The molecular formula is C5H18NO6PSi. The fourth-order valence-corrected chi connectivity index (χ4v) is 0.866. The molecule has 0 aliphatic heterocycles. The second kappa shape index (κ2) is 18.5. The summed E-state index contributed by atoms with van der Waals surface area (Å²) in [5.41, 5.74) is 4.21. The van der Waals surface area contributed by atoms with Crippen molar-refractivity contribution in [2.24, 2.45) is 5.50 Å². The van der Waals surface area contributed by atoms with Gasteiger partial charge in [-0.15, -0.1) is 0 Å². The van der Waals surface area contributed by atoms with Crippen molar-refractivity contribution < 1.29 is 27.8 Å². The van der Waals surface area contributed by atoms with E-state index in [0.717, 1.165) is 6.26 Å². The summed E-state index contributed by atoms with van der Waals surface area (Å²) in [6.45, 7) is 2.92. The molecule has 0 aromatic carbocycles. The minimum Gasteiger partial charge on any atom is -0.516 e. The minimum absolute atomic E-state index is 0.750.